The van der Waals surface area contributed by atoms with Gasteiger partial charge in [-0.3, -0.25) is 9.59 Å². The van der Waals surface area contributed by atoms with E-state index in [4.69, 9.17) is 24.2 Å². The molecule has 0 saturated carbocycles. The van der Waals surface area contributed by atoms with Gasteiger partial charge in [0.1, 0.15) is 29.5 Å². The zero-order valence-electron chi connectivity index (χ0n) is 38.5. The fraction of sp³-hybridized carbons (Fsp3) is 0.373. The van der Waals surface area contributed by atoms with Gasteiger partial charge in [0.15, 0.2) is 6.23 Å². The minimum absolute atomic E-state index is 0.133. The van der Waals surface area contributed by atoms with Crippen molar-refractivity contribution in [1.82, 2.24) is 44.9 Å². The number of hydrogen-bond acceptors (Lipinski definition) is 9. The fourth-order valence-corrected chi connectivity index (χ4v) is 9.79. The van der Waals surface area contributed by atoms with Crippen LogP contribution in [0.1, 0.15) is 88.4 Å². The number of H-pyrrole nitrogens is 2. The molecule has 3 aromatic heterocycles. The van der Waals surface area contributed by atoms with E-state index in [1.165, 1.54) is 19.8 Å². The molecule has 5 atom stereocenters. The molecular weight excluding hydrogens is 851 g/mol. The molecule has 3 aliphatic rings. The Bertz CT molecular complexity index is 2830. The molecule has 2 saturated heterocycles. The van der Waals surface area contributed by atoms with Crippen molar-refractivity contribution in [2.45, 2.75) is 89.7 Å². The number of carbonyl (C=O) groups excluding carboxylic acids is 4. The molecule has 4 amide bonds. The molecule has 348 valence electrons. The number of aromatic amines is 2. The summed E-state index contributed by atoms with van der Waals surface area (Å²) in [4.78, 5) is 71.9. The number of alkyl carbamates (subject to hydrolysis) is 2. The number of nitrogens with one attached hydrogen (secondary N) is 4. The lowest BCUT2D eigenvalue weighted by molar-refractivity contribution is -0.135. The summed E-state index contributed by atoms with van der Waals surface area (Å²) in [6.45, 7) is 10.6. The van der Waals surface area contributed by atoms with E-state index in [2.05, 4.69) is 98.5 Å². The fourth-order valence-electron chi connectivity index (χ4n) is 9.79. The molecule has 3 aromatic carbocycles. The Hall–Kier alpha value is -7.36. The van der Waals surface area contributed by atoms with Crippen LogP contribution in [0.25, 0.3) is 44.7 Å². The van der Waals surface area contributed by atoms with Crippen LogP contribution in [0.3, 0.4) is 0 Å². The molecule has 0 bridgehead atoms. The summed E-state index contributed by atoms with van der Waals surface area (Å²) >= 11 is 0. The Morgan fingerprint density at radius 3 is 2.04 bits per heavy atom. The summed E-state index contributed by atoms with van der Waals surface area (Å²) in [5.41, 5.74) is 8.28. The van der Waals surface area contributed by atoms with E-state index in [9.17, 15) is 19.2 Å². The number of carbonyl (C=O) groups is 4. The molecule has 4 N–H and O–H groups in total. The van der Waals surface area contributed by atoms with Crippen LogP contribution in [0.4, 0.5) is 9.59 Å². The molecule has 0 spiro atoms. The Balaban J connectivity index is 0.997. The van der Waals surface area contributed by atoms with Gasteiger partial charge in [0.2, 0.25) is 11.8 Å². The van der Waals surface area contributed by atoms with E-state index in [1.54, 1.807) is 11.8 Å². The maximum atomic E-state index is 13.8. The Kier molecular flexibility index (Phi) is 12.6. The predicted octanol–water partition coefficient (Wildman–Crippen LogP) is 8.62. The van der Waals surface area contributed by atoms with Gasteiger partial charge in [0.05, 0.1) is 61.3 Å². The number of fused-ring (bicyclic) bond motifs is 5. The second-order valence-electron chi connectivity index (χ2n) is 18.0. The van der Waals surface area contributed by atoms with Crippen LogP contribution >= 0.6 is 0 Å². The van der Waals surface area contributed by atoms with Crippen molar-refractivity contribution in [3.63, 3.8) is 0 Å². The molecule has 1 unspecified atom stereocenters. The average molecular weight is 908 g/mol. The normalized spacial score (nSPS) is 18.5. The van der Waals surface area contributed by atoms with E-state index < -0.39 is 24.3 Å². The number of aromatic nitrogens is 5. The van der Waals surface area contributed by atoms with Gasteiger partial charge in [-0.05, 0) is 86.4 Å². The van der Waals surface area contributed by atoms with Crippen molar-refractivity contribution in [2.75, 3.05) is 27.3 Å². The smallest absolute Gasteiger partial charge is 0.407 e. The van der Waals surface area contributed by atoms with E-state index in [0.29, 0.717) is 30.3 Å². The zero-order chi connectivity index (χ0) is 46.9. The number of amides is 4. The zero-order valence-corrected chi connectivity index (χ0v) is 38.5. The molecule has 0 aliphatic carbocycles. The SMILES string of the molecule is C=C(C)[C@H](NC(=O)OC)C(=O)N1CCC[C@H]1c1ncc(-c2ccc3c(c2)cc2n3C(CCc3ccccc3)Oc3cc(-c4cnc([C@@H]5CCCN5C(=O)[C@@H](NC(=O)OC)C(C)C)[nH]4)ccc3-2)[nH]1. The van der Waals surface area contributed by atoms with Gasteiger partial charge in [0.25, 0.3) is 0 Å². The van der Waals surface area contributed by atoms with Crippen LogP contribution in [-0.2, 0) is 25.5 Å². The van der Waals surface area contributed by atoms with Crippen LogP contribution in [0.2, 0.25) is 0 Å². The van der Waals surface area contributed by atoms with Crippen molar-refractivity contribution in [2.24, 2.45) is 5.92 Å². The van der Waals surface area contributed by atoms with Crippen molar-refractivity contribution in [3.05, 3.63) is 115 Å². The van der Waals surface area contributed by atoms with Crippen LogP contribution in [0.15, 0.2) is 97.3 Å². The molecule has 6 aromatic rings. The van der Waals surface area contributed by atoms with E-state index in [1.807, 2.05) is 37.2 Å². The topological polar surface area (TPSA) is 189 Å². The second kappa shape index (κ2) is 18.9. The summed E-state index contributed by atoms with van der Waals surface area (Å²) in [5.74, 6) is 1.60. The van der Waals surface area contributed by atoms with Gasteiger partial charge in [-0.1, -0.05) is 62.9 Å². The third kappa shape index (κ3) is 8.87. The molecule has 67 heavy (non-hydrogen) atoms. The number of rotatable bonds is 13. The number of likely N-dealkylation sites (tertiary alicyclic amines) is 2. The first-order chi connectivity index (χ1) is 32.4. The van der Waals surface area contributed by atoms with Crippen LogP contribution in [0, 0.1) is 5.92 Å². The number of methoxy groups -OCH3 is 2. The third-order valence-electron chi connectivity index (χ3n) is 13.3. The number of imidazole rings is 2. The molecule has 16 heteroatoms. The molecular formula is C51H57N9O7. The largest absolute Gasteiger partial charge is 0.469 e. The minimum Gasteiger partial charge on any atom is -0.469 e. The maximum absolute atomic E-state index is 13.8. The highest BCUT2D eigenvalue weighted by Crippen LogP contribution is 2.46. The Morgan fingerprint density at radius 1 is 0.806 bits per heavy atom. The number of benzene rings is 3. The monoisotopic (exact) mass is 907 g/mol. The minimum atomic E-state index is -0.907. The quantitative estimate of drug-likeness (QED) is 0.0823. The second-order valence-corrected chi connectivity index (χ2v) is 18.0. The summed E-state index contributed by atoms with van der Waals surface area (Å²) < 4.78 is 18.8. The molecule has 2 fully saturated rings. The molecule has 9 rings (SSSR count). The highest BCUT2D eigenvalue weighted by Gasteiger charge is 2.39. The first-order valence-electron chi connectivity index (χ1n) is 23.0. The highest BCUT2D eigenvalue weighted by atomic mass is 16.5. The van der Waals surface area contributed by atoms with Gasteiger partial charge < -0.3 is 49.2 Å². The maximum Gasteiger partial charge on any atom is 0.407 e. The van der Waals surface area contributed by atoms with Crippen molar-refractivity contribution >= 4 is 34.9 Å². The number of ether oxygens (including phenoxy) is 3. The summed E-state index contributed by atoms with van der Waals surface area (Å²) in [6, 6.07) is 23.1. The molecule has 0 radical (unpaired) electrons. The molecule has 16 nitrogen and oxygen atoms in total. The van der Waals surface area contributed by atoms with Crippen molar-refractivity contribution in [3.8, 4) is 39.5 Å². The van der Waals surface area contributed by atoms with Crippen LogP contribution in [0.5, 0.6) is 5.75 Å². The average Bonchev–Trinajstić information content (AvgIpc) is 4.20. The highest BCUT2D eigenvalue weighted by molar-refractivity contribution is 5.93. The first kappa shape index (κ1) is 44.8. The first-order valence-corrected chi connectivity index (χ1v) is 23.0. The Morgan fingerprint density at radius 2 is 1.42 bits per heavy atom. The lowest BCUT2D eigenvalue weighted by atomic mass is 10.0. The van der Waals surface area contributed by atoms with E-state index in [0.717, 1.165) is 88.9 Å². The number of aryl methyl sites for hydroxylation is 1. The lowest BCUT2D eigenvalue weighted by Crippen LogP contribution is -2.51. The molecule has 6 heterocycles. The van der Waals surface area contributed by atoms with Crippen molar-refractivity contribution in [1.29, 1.82) is 0 Å². The van der Waals surface area contributed by atoms with Gasteiger partial charge in [-0.2, -0.15) is 0 Å². The lowest BCUT2D eigenvalue weighted by Gasteiger charge is -2.30. The number of hydrogen-bond donors (Lipinski definition) is 4. The Labute approximate surface area is 389 Å². The van der Waals surface area contributed by atoms with Gasteiger partial charge in [-0.25, -0.2) is 19.6 Å². The van der Waals surface area contributed by atoms with E-state index in [-0.39, 0.29) is 36.0 Å². The van der Waals surface area contributed by atoms with Gasteiger partial charge in [0, 0.05) is 41.6 Å². The predicted molar refractivity (Wildman–Crippen MR) is 253 cm³/mol. The summed E-state index contributed by atoms with van der Waals surface area (Å²) in [7, 11) is 2.56. The number of nitrogens with zero attached hydrogens (tertiary/aromatic N) is 5. The summed E-state index contributed by atoms with van der Waals surface area (Å²) in [6.07, 6.45) is 6.64. The van der Waals surface area contributed by atoms with Crippen molar-refractivity contribution < 1.29 is 33.4 Å². The van der Waals surface area contributed by atoms with Gasteiger partial charge >= 0.3 is 12.2 Å². The van der Waals surface area contributed by atoms with Crippen LogP contribution in [-0.4, -0.2) is 97.7 Å². The third-order valence-corrected chi connectivity index (χ3v) is 13.3. The van der Waals surface area contributed by atoms with Crippen LogP contribution < -0.4 is 15.4 Å². The van der Waals surface area contributed by atoms with Gasteiger partial charge in [-0.15, -0.1) is 0 Å². The standard InChI is InChI=1S/C51H57N9O7/c1-29(2)44(56-50(63)65-5)48(61)58-22-10-14-39(58)46-52-27-36(54-46)32-18-20-38-34(24-32)25-41-35-19-17-33(26-42(35)67-43(60(38)41)21-16-31-12-8-7-9-13-31)37-28-53-47(55-37)40-15-11-23-59(40)49(62)45(30(3)4)57-51(64)66-6/h7-9,12-13,17-20,24-28,30,39-40,43-45H,1,10-11,14-16,21-23H2,2-6H3,(H,52,54)(H,53,55)(H,56,63)(H,57,64)/t39-,40-,43?,44-,45-/m0/s1. The van der Waals surface area contributed by atoms with E-state index >= 15 is 0 Å². The molecule has 3 aliphatic heterocycles. The summed E-state index contributed by atoms with van der Waals surface area (Å²) in [5, 5.41) is 6.39.